The van der Waals surface area contributed by atoms with Gasteiger partial charge in [-0.25, -0.2) is 4.79 Å². The molecule has 6 nitrogen and oxygen atoms in total. The van der Waals surface area contributed by atoms with Gasteiger partial charge in [-0.15, -0.1) is 0 Å². The van der Waals surface area contributed by atoms with Crippen LogP contribution in [-0.2, 0) is 4.79 Å². The van der Waals surface area contributed by atoms with Crippen LogP contribution >= 0.6 is 0 Å². The third-order valence-electron chi connectivity index (χ3n) is 2.43. The highest BCUT2D eigenvalue weighted by Gasteiger charge is 2.01. The summed E-state index contributed by atoms with van der Waals surface area (Å²) in [6.07, 6.45) is 1.09. The second-order valence-electron chi connectivity index (χ2n) is 4.00. The molecule has 1 aromatic carbocycles. The molecule has 0 heterocycles. The van der Waals surface area contributed by atoms with E-state index in [1.165, 1.54) is 12.1 Å². The summed E-state index contributed by atoms with van der Waals surface area (Å²) in [4.78, 5) is 21.1. The first kappa shape index (κ1) is 15.0. The third kappa shape index (κ3) is 6.42. The molecule has 0 aliphatic carbocycles. The average Bonchev–Trinajstić information content (AvgIpc) is 2.38. The normalized spacial score (nSPS) is 10.1. The number of hydrogen-bond acceptors (Lipinski definition) is 4. The van der Waals surface area contributed by atoms with Crippen LogP contribution in [0.5, 0.6) is 5.75 Å². The fourth-order valence-corrected chi connectivity index (χ4v) is 1.45. The van der Waals surface area contributed by atoms with Crippen molar-refractivity contribution in [3.8, 4) is 5.75 Å². The molecule has 0 atom stereocenters. The maximum absolute atomic E-state index is 10.6. The molecule has 4 N–H and O–H groups in total. The molecule has 1 aromatic rings. The molecule has 0 saturated heterocycles. The number of carboxylic acid groups (broad SMARTS) is 1. The summed E-state index contributed by atoms with van der Waals surface area (Å²) in [5.74, 6) is -0.622. The molecule has 0 spiro atoms. The Morgan fingerprint density at radius 2 is 1.89 bits per heavy atom. The first-order valence-electron chi connectivity index (χ1n) is 6.05. The van der Waals surface area contributed by atoms with Crippen LogP contribution in [0, 0.1) is 0 Å². The van der Waals surface area contributed by atoms with Crippen molar-refractivity contribution in [1.82, 2.24) is 5.32 Å². The van der Waals surface area contributed by atoms with Gasteiger partial charge in [0.25, 0.3) is 0 Å². The Bertz CT molecular complexity index is 417. The summed E-state index contributed by atoms with van der Waals surface area (Å²) in [6, 6.07) is 6.24. The van der Waals surface area contributed by atoms with Gasteiger partial charge in [-0.3, -0.25) is 4.79 Å². The van der Waals surface area contributed by atoms with Crippen molar-refractivity contribution >= 4 is 11.9 Å². The van der Waals surface area contributed by atoms with Gasteiger partial charge in [-0.2, -0.15) is 0 Å². The zero-order chi connectivity index (χ0) is 14.1. The molecule has 0 radical (unpaired) electrons. The molecular weight excluding hydrogens is 248 g/mol. The van der Waals surface area contributed by atoms with Gasteiger partial charge in [0.15, 0.2) is 0 Å². The Morgan fingerprint density at radius 1 is 1.21 bits per heavy atom. The van der Waals surface area contributed by atoms with Crippen LogP contribution < -0.4 is 15.8 Å². The lowest BCUT2D eigenvalue weighted by molar-refractivity contribution is -0.118. The number of hydrogen-bond donors (Lipinski definition) is 3. The van der Waals surface area contributed by atoms with Gasteiger partial charge in [0.1, 0.15) is 12.4 Å². The number of ether oxygens (including phenoxy) is 1. The molecule has 0 aromatic heterocycles. The molecule has 0 unspecified atom stereocenters. The minimum Gasteiger partial charge on any atom is -0.492 e. The number of primary amides is 1. The molecule has 1 rings (SSSR count). The van der Waals surface area contributed by atoms with E-state index in [1.54, 1.807) is 12.1 Å². The summed E-state index contributed by atoms with van der Waals surface area (Å²) in [7, 11) is 0. The zero-order valence-electron chi connectivity index (χ0n) is 10.6. The Morgan fingerprint density at radius 3 is 2.47 bits per heavy atom. The SMILES string of the molecule is NC(=O)CCCNCCOc1ccc(C(=O)O)cc1. The predicted molar refractivity (Wildman–Crippen MR) is 70.2 cm³/mol. The zero-order valence-corrected chi connectivity index (χ0v) is 10.6. The Kier molecular flexibility index (Phi) is 6.38. The highest BCUT2D eigenvalue weighted by molar-refractivity contribution is 5.87. The number of benzene rings is 1. The first-order valence-corrected chi connectivity index (χ1v) is 6.05. The number of aromatic carboxylic acids is 1. The Balaban J connectivity index is 2.12. The number of nitrogens with one attached hydrogen (secondary N) is 1. The number of rotatable bonds is 9. The molecule has 0 aliphatic heterocycles. The Hall–Kier alpha value is -2.08. The molecular formula is C13H18N2O4. The van der Waals surface area contributed by atoms with Crippen molar-refractivity contribution in [2.24, 2.45) is 5.73 Å². The van der Waals surface area contributed by atoms with Gasteiger partial charge in [-0.1, -0.05) is 0 Å². The molecule has 0 saturated carbocycles. The van der Waals surface area contributed by atoms with E-state index in [-0.39, 0.29) is 11.5 Å². The first-order chi connectivity index (χ1) is 9.09. The van der Waals surface area contributed by atoms with Crippen molar-refractivity contribution in [3.63, 3.8) is 0 Å². The van der Waals surface area contributed by atoms with Crippen molar-refractivity contribution in [3.05, 3.63) is 29.8 Å². The van der Waals surface area contributed by atoms with E-state index in [0.29, 0.717) is 38.3 Å². The molecule has 0 bridgehead atoms. The van der Waals surface area contributed by atoms with Gasteiger partial charge in [0.05, 0.1) is 5.56 Å². The molecule has 0 fully saturated rings. The van der Waals surface area contributed by atoms with Crippen LogP contribution in [0.1, 0.15) is 23.2 Å². The van der Waals surface area contributed by atoms with Crippen LogP contribution in [0.15, 0.2) is 24.3 Å². The fourth-order valence-electron chi connectivity index (χ4n) is 1.45. The summed E-state index contributed by atoms with van der Waals surface area (Å²) in [5.41, 5.74) is 5.24. The fraction of sp³-hybridized carbons (Fsp3) is 0.385. The van der Waals surface area contributed by atoms with Gasteiger partial charge in [0, 0.05) is 13.0 Å². The molecule has 104 valence electrons. The minimum absolute atomic E-state index is 0.233. The monoisotopic (exact) mass is 266 g/mol. The van der Waals surface area contributed by atoms with Crippen molar-refractivity contribution in [1.29, 1.82) is 0 Å². The van der Waals surface area contributed by atoms with Gasteiger partial charge >= 0.3 is 5.97 Å². The standard InChI is InChI=1S/C13H18N2O4/c14-12(16)2-1-7-15-8-9-19-11-5-3-10(4-6-11)13(17)18/h3-6,15H,1-2,7-9H2,(H2,14,16)(H,17,18). The number of carbonyl (C=O) groups is 2. The lowest BCUT2D eigenvalue weighted by Gasteiger charge is -2.07. The van der Waals surface area contributed by atoms with E-state index >= 15 is 0 Å². The van der Waals surface area contributed by atoms with Crippen molar-refractivity contribution < 1.29 is 19.4 Å². The maximum Gasteiger partial charge on any atom is 0.335 e. The number of carbonyl (C=O) groups excluding carboxylic acids is 1. The van der Waals surface area contributed by atoms with Crippen LogP contribution in [-0.4, -0.2) is 36.7 Å². The van der Waals surface area contributed by atoms with E-state index in [9.17, 15) is 9.59 Å². The van der Waals surface area contributed by atoms with Crippen LogP contribution in [0.25, 0.3) is 0 Å². The predicted octanol–water partition coefficient (Wildman–Crippen LogP) is 0.619. The smallest absolute Gasteiger partial charge is 0.335 e. The summed E-state index contributed by atoms with van der Waals surface area (Å²) >= 11 is 0. The van der Waals surface area contributed by atoms with E-state index in [0.717, 1.165) is 0 Å². The lowest BCUT2D eigenvalue weighted by Crippen LogP contribution is -2.23. The lowest BCUT2D eigenvalue weighted by atomic mass is 10.2. The van der Waals surface area contributed by atoms with Crippen LogP contribution in [0.2, 0.25) is 0 Å². The van der Waals surface area contributed by atoms with Crippen LogP contribution in [0.4, 0.5) is 0 Å². The topological polar surface area (TPSA) is 102 Å². The quantitative estimate of drug-likeness (QED) is 0.569. The number of amides is 1. The van der Waals surface area contributed by atoms with Crippen molar-refractivity contribution in [2.45, 2.75) is 12.8 Å². The number of nitrogens with two attached hydrogens (primary N) is 1. The second kappa shape index (κ2) is 8.10. The summed E-state index contributed by atoms with van der Waals surface area (Å²) in [6.45, 7) is 1.84. The average molecular weight is 266 g/mol. The molecule has 1 amide bonds. The molecule has 19 heavy (non-hydrogen) atoms. The van der Waals surface area contributed by atoms with Gasteiger partial charge in [0.2, 0.25) is 5.91 Å². The van der Waals surface area contributed by atoms with E-state index < -0.39 is 5.97 Å². The van der Waals surface area contributed by atoms with Gasteiger partial charge < -0.3 is 20.9 Å². The van der Waals surface area contributed by atoms with E-state index in [1.807, 2.05) is 0 Å². The third-order valence-corrected chi connectivity index (χ3v) is 2.43. The highest BCUT2D eigenvalue weighted by Crippen LogP contribution is 2.11. The Labute approximate surface area is 111 Å². The summed E-state index contributed by atoms with van der Waals surface area (Å²) < 4.78 is 5.42. The van der Waals surface area contributed by atoms with Gasteiger partial charge in [-0.05, 0) is 37.2 Å². The largest absolute Gasteiger partial charge is 0.492 e. The number of carboxylic acids is 1. The van der Waals surface area contributed by atoms with Crippen LogP contribution in [0.3, 0.4) is 0 Å². The summed E-state index contributed by atoms with van der Waals surface area (Å²) in [5, 5.41) is 11.8. The van der Waals surface area contributed by atoms with E-state index in [2.05, 4.69) is 5.32 Å². The van der Waals surface area contributed by atoms with E-state index in [4.69, 9.17) is 15.6 Å². The molecule has 0 aliphatic rings. The molecule has 6 heteroatoms. The highest BCUT2D eigenvalue weighted by atomic mass is 16.5. The maximum atomic E-state index is 10.6. The second-order valence-corrected chi connectivity index (χ2v) is 4.00. The minimum atomic E-state index is -0.956. The van der Waals surface area contributed by atoms with Crippen molar-refractivity contribution in [2.75, 3.05) is 19.7 Å².